The van der Waals surface area contributed by atoms with E-state index in [-0.39, 0.29) is 10.5 Å². The average molecular weight is 281 g/mol. The molecule has 1 aromatic heterocycles. The minimum atomic E-state index is -1.32. The molecule has 0 bridgehead atoms. The molecule has 0 fully saturated rings. The Morgan fingerprint density at radius 3 is 3.00 bits per heavy atom. The van der Waals surface area contributed by atoms with Crippen LogP contribution in [0.25, 0.3) is 0 Å². The van der Waals surface area contributed by atoms with Crippen LogP contribution in [0.1, 0.15) is 11.7 Å². The van der Waals surface area contributed by atoms with E-state index >= 15 is 0 Å². The first kappa shape index (κ1) is 12.1. The molecule has 9 heteroatoms. The van der Waals surface area contributed by atoms with Gasteiger partial charge in [-0.15, -0.1) is 5.10 Å². The third-order valence-corrected chi connectivity index (χ3v) is 3.75. The number of carbonyl (C=O) groups excluding carboxylic acids is 1. The van der Waals surface area contributed by atoms with E-state index in [2.05, 4.69) is 20.8 Å². The Balaban J connectivity index is 1.99. The number of aliphatic hydroxyl groups is 1. The molecule has 2 N–H and O–H groups in total. The van der Waals surface area contributed by atoms with Crippen molar-refractivity contribution >= 4 is 23.4 Å². The van der Waals surface area contributed by atoms with E-state index in [1.807, 2.05) is 0 Å². The van der Waals surface area contributed by atoms with Gasteiger partial charge in [0.2, 0.25) is 5.16 Å². The number of carbonyl (C=O) groups is 1. The number of fused-ring (bicyclic) bond motifs is 1. The van der Waals surface area contributed by atoms with Crippen LogP contribution in [0.2, 0.25) is 0 Å². The molecule has 0 saturated carbocycles. The monoisotopic (exact) mass is 281 g/mol. The van der Waals surface area contributed by atoms with Crippen LogP contribution in [0.5, 0.6) is 0 Å². The first-order chi connectivity index (χ1) is 9.06. The topological polar surface area (TPSA) is 92.9 Å². The van der Waals surface area contributed by atoms with Gasteiger partial charge in [0.05, 0.1) is 4.90 Å². The molecule has 2 aromatic rings. The smallest absolute Gasteiger partial charge is 0.257 e. The van der Waals surface area contributed by atoms with Crippen LogP contribution < -0.4 is 5.32 Å². The highest BCUT2D eigenvalue weighted by atomic mass is 32.2. The molecule has 0 aliphatic carbocycles. The van der Waals surface area contributed by atoms with Gasteiger partial charge in [-0.1, -0.05) is 0 Å². The van der Waals surface area contributed by atoms with E-state index in [9.17, 15) is 14.3 Å². The molecule has 1 aromatic carbocycles. The van der Waals surface area contributed by atoms with Crippen molar-refractivity contribution in [1.82, 2.24) is 20.2 Å². The molecular formula is C10H8FN5O2S. The summed E-state index contributed by atoms with van der Waals surface area (Å²) < 4.78 is 15.3. The highest BCUT2D eigenvalue weighted by molar-refractivity contribution is 7.99. The molecule has 7 nitrogen and oxygen atoms in total. The molecular weight excluding hydrogens is 273 g/mol. The lowest BCUT2D eigenvalue weighted by Crippen LogP contribution is -2.10. The summed E-state index contributed by atoms with van der Waals surface area (Å²) in [6.45, 7) is 0. The highest BCUT2D eigenvalue weighted by Crippen LogP contribution is 2.37. The Kier molecular flexibility index (Phi) is 2.72. The van der Waals surface area contributed by atoms with E-state index in [4.69, 9.17) is 0 Å². The first-order valence-electron chi connectivity index (χ1n) is 5.29. The number of anilines is 1. The number of amides is 1. The minimum absolute atomic E-state index is 0.239. The van der Waals surface area contributed by atoms with Gasteiger partial charge in [0.15, 0.2) is 6.10 Å². The number of rotatable bonds is 2. The highest BCUT2D eigenvalue weighted by Gasteiger charge is 2.30. The maximum Gasteiger partial charge on any atom is 0.257 e. The summed E-state index contributed by atoms with van der Waals surface area (Å²) in [6.07, 6.45) is -1.32. The predicted molar refractivity (Wildman–Crippen MR) is 62.9 cm³/mol. The van der Waals surface area contributed by atoms with Crippen molar-refractivity contribution < 1.29 is 14.3 Å². The van der Waals surface area contributed by atoms with Gasteiger partial charge < -0.3 is 10.4 Å². The zero-order valence-electron chi connectivity index (χ0n) is 9.66. The number of hydrogen-bond donors (Lipinski definition) is 2. The zero-order valence-corrected chi connectivity index (χ0v) is 10.5. The van der Waals surface area contributed by atoms with Crippen molar-refractivity contribution in [2.24, 2.45) is 7.05 Å². The van der Waals surface area contributed by atoms with E-state index in [0.29, 0.717) is 10.8 Å². The van der Waals surface area contributed by atoms with Gasteiger partial charge in [-0.05, 0) is 34.3 Å². The molecule has 19 heavy (non-hydrogen) atoms. The average Bonchev–Trinajstić information content (AvgIpc) is 2.88. The van der Waals surface area contributed by atoms with E-state index in [1.54, 1.807) is 7.05 Å². The quantitative estimate of drug-likeness (QED) is 0.832. The second kappa shape index (κ2) is 4.28. The second-order valence-electron chi connectivity index (χ2n) is 3.95. The van der Waals surface area contributed by atoms with Crippen molar-refractivity contribution in [3.8, 4) is 0 Å². The molecule has 1 amide bonds. The van der Waals surface area contributed by atoms with Crippen LogP contribution in [-0.4, -0.2) is 31.2 Å². The summed E-state index contributed by atoms with van der Waals surface area (Å²) in [7, 11) is 1.64. The fourth-order valence-corrected chi connectivity index (χ4v) is 2.51. The van der Waals surface area contributed by atoms with Gasteiger partial charge >= 0.3 is 0 Å². The van der Waals surface area contributed by atoms with Crippen molar-refractivity contribution in [2.45, 2.75) is 16.2 Å². The number of benzene rings is 1. The van der Waals surface area contributed by atoms with Gasteiger partial charge in [-0.2, -0.15) is 0 Å². The van der Waals surface area contributed by atoms with Crippen molar-refractivity contribution in [2.75, 3.05) is 5.32 Å². The number of tetrazole rings is 1. The van der Waals surface area contributed by atoms with Crippen molar-refractivity contribution in [1.29, 1.82) is 0 Å². The molecule has 2 heterocycles. The lowest BCUT2D eigenvalue weighted by Gasteiger charge is -2.05. The maximum absolute atomic E-state index is 13.9. The summed E-state index contributed by atoms with van der Waals surface area (Å²) in [6, 6.07) is 2.60. The van der Waals surface area contributed by atoms with Gasteiger partial charge in [-0.3, -0.25) is 4.79 Å². The Morgan fingerprint density at radius 2 is 2.32 bits per heavy atom. The summed E-state index contributed by atoms with van der Waals surface area (Å²) in [5, 5.41) is 23.3. The van der Waals surface area contributed by atoms with Gasteiger partial charge in [0, 0.05) is 18.3 Å². The molecule has 1 aliphatic rings. The normalized spacial score (nSPS) is 17.4. The van der Waals surface area contributed by atoms with Crippen molar-refractivity contribution in [3.63, 3.8) is 0 Å². The van der Waals surface area contributed by atoms with Crippen LogP contribution in [-0.2, 0) is 11.8 Å². The third-order valence-electron chi connectivity index (χ3n) is 2.69. The summed E-state index contributed by atoms with van der Waals surface area (Å²) in [5.74, 6) is -1.10. The largest absolute Gasteiger partial charge is 0.378 e. The number of aryl methyl sites for hydroxylation is 1. The van der Waals surface area contributed by atoms with Gasteiger partial charge in [0.1, 0.15) is 5.82 Å². The summed E-state index contributed by atoms with van der Waals surface area (Å²) >= 11 is 1.03. The Labute approximate surface area is 110 Å². The number of hydrogen-bond acceptors (Lipinski definition) is 6. The van der Waals surface area contributed by atoms with Crippen LogP contribution in [0.3, 0.4) is 0 Å². The molecule has 1 atom stereocenters. The molecule has 1 aliphatic heterocycles. The number of nitrogens with zero attached hydrogens (tertiary/aromatic N) is 4. The summed E-state index contributed by atoms with van der Waals surface area (Å²) in [4.78, 5) is 11.6. The minimum Gasteiger partial charge on any atom is -0.378 e. The van der Waals surface area contributed by atoms with Gasteiger partial charge in [-0.25, -0.2) is 9.07 Å². The molecule has 0 saturated heterocycles. The zero-order chi connectivity index (χ0) is 13.6. The Bertz CT molecular complexity index is 674. The molecule has 1 unspecified atom stereocenters. The SMILES string of the molecule is Cn1nnnc1Sc1cc2c(cc1F)C(O)C(=O)N2. The third kappa shape index (κ3) is 1.96. The number of halogens is 1. The lowest BCUT2D eigenvalue weighted by atomic mass is 10.1. The predicted octanol–water partition coefficient (Wildman–Crippen LogP) is 0.486. The van der Waals surface area contributed by atoms with Crippen LogP contribution in [0, 0.1) is 5.82 Å². The molecule has 0 radical (unpaired) electrons. The lowest BCUT2D eigenvalue weighted by molar-refractivity contribution is -0.123. The standard InChI is InChI=1S/C10H8FN5O2S/c1-16-10(13-14-15-16)19-7-3-6-4(2-5(7)11)8(17)9(18)12-6/h2-3,8,17H,1H3,(H,12,18). The fraction of sp³-hybridized carbons (Fsp3) is 0.200. The van der Waals surface area contributed by atoms with E-state index < -0.39 is 17.8 Å². The number of nitrogens with one attached hydrogen (secondary N) is 1. The molecule has 0 spiro atoms. The maximum atomic E-state index is 13.9. The fourth-order valence-electron chi connectivity index (χ4n) is 1.73. The summed E-state index contributed by atoms with van der Waals surface area (Å²) in [5.41, 5.74) is 0.638. The Morgan fingerprint density at radius 1 is 1.53 bits per heavy atom. The van der Waals surface area contributed by atoms with Gasteiger partial charge in [0.25, 0.3) is 5.91 Å². The molecule has 98 valence electrons. The Hall–Kier alpha value is -2.00. The number of aliphatic hydroxyl groups excluding tert-OH is 1. The van der Waals surface area contributed by atoms with E-state index in [1.165, 1.54) is 10.7 Å². The second-order valence-corrected chi connectivity index (χ2v) is 4.96. The van der Waals surface area contributed by atoms with Crippen LogP contribution in [0.15, 0.2) is 22.2 Å². The molecule has 3 rings (SSSR count). The number of aromatic nitrogens is 4. The first-order valence-corrected chi connectivity index (χ1v) is 6.10. The van der Waals surface area contributed by atoms with E-state index in [0.717, 1.165) is 17.8 Å². The van der Waals surface area contributed by atoms with Crippen molar-refractivity contribution in [3.05, 3.63) is 23.5 Å². The van der Waals surface area contributed by atoms with Crippen LogP contribution in [0.4, 0.5) is 10.1 Å². The van der Waals surface area contributed by atoms with Crippen LogP contribution >= 0.6 is 11.8 Å².